The first-order chi connectivity index (χ1) is 1.41. The Morgan fingerprint density at radius 3 is 1.25 bits per heavy atom. The molecule has 0 N–H and O–H groups in total. The summed E-state index contributed by atoms with van der Waals surface area (Å²) in [6, 6.07) is 0. The maximum atomic E-state index is 3.50. The second kappa shape index (κ2) is 9.33. The molecule has 0 atom stereocenters. The van der Waals surface area contributed by atoms with E-state index in [1.807, 2.05) is 0 Å². The molecule has 0 rings (SSSR count). The fraction of sp³-hybridized carbons (Fsp3) is 1.00. The summed E-state index contributed by atoms with van der Waals surface area (Å²) in [6.07, 6.45) is 0. The van der Waals surface area contributed by atoms with Crippen LogP contribution in [-0.2, 0) is 22.4 Å². The SMILES string of the molecule is C[N-]C.[Ta+5]. The van der Waals surface area contributed by atoms with Gasteiger partial charge < -0.3 is 5.32 Å². The van der Waals surface area contributed by atoms with Crippen LogP contribution in [-0.4, -0.2) is 14.1 Å². The second-order valence-electron chi connectivity index (χ2n) is 0.447. The van der Waals surface area contributed by atoms with E-state index in [4.69, 9.17) is 0 Å². The normalized spacial score (nSPS) is 4.50. The van der Waals surface area contributed by atoms with E-state index < -0.39 is 0 Å². The van der Waals surface area contributed by atoms with E-state index in [0.717, 1.165) is 0 Å². The van der Waals surface area contributed by atoms with E-state index in [1.165, 1.54) is 0 Å². The summed E-state index contributed by atoms with van der Waals surface area (Å²) in [4.78, 5) is 0. The van der Waals surface area contributed by atoms with Crippen molar-refractivity contribution in [1.29, 1.82) is 0 Å². The zero-order valence-electron chi connectivity index (χ0n) is 2.89. The Labute approximate surface area is 42.3 Å². The van der Waals surface area contributed by atoms with Gasteiger partial charge in [0.05, 0.1) is 0 Å². The van der Waals surface area contributed by atoms with Gasteiger partial charge in [-0.3, -0.25) is 0 Å². The average Bonchev–Trinajstić information content (AvgIpc) is 0.918. The molecular formula is C2H6NTa+4. The minimum absolute atomic E-state index is 0. The van der Waals surface area contributed by atoms with Crippen molar-refractivity contribution < 1.29 is 22.4 Å². The second-order valence-corrected chi connectivity index (χ2v) is 0.447. The monoisotopic (exact) mass is 225 g/mol. The minimum atomic E-state index is 0. The fourth-order valence-electron chi connectivity index (χ4n) is 0. The molecule has 0 aliphatic heterocycles. The molecule has 0 aromatic rings. The van der Waals surface area contributed by atoms with E-state index in [-0.39, 0.29) is 22.4 Å². The smallest absolute Gasteiger partial charge is 0.668 e. The third-order valence-electron chi connectivity index (χ3n) is 0. The first kappa shape index (κ1) is 8.83. The van der Waals surface area contributed by atoms with E-state index in [2.05, 4.69) is 5.32 Å². The van der Waals surface area contributed by atoms with Crippen LogP contribution >= 0.6 is 0 Å². The van der Waals surface area contributed by atoms with Gasteiger partial charge in [-0.15, -0.1) is 0 Å². The maximum Gasteiger partial charge on any atom is 5.00 e. The van der Waals surface area contributed by atoms with E-state index in [1.54, 1.807) is 14.1 Å². The van der Waals surface area contributed by atoms with Crippen molar-refractivity contribution in [3.8, 4) is 0 Å². The van der Waals surface area contributed by atoms with Gasteiger partial charge in [0.1, 0.15) is 0 Å². The topological polar surface area (TPSA) is 14.1 Å². The molecule has 0 unspecified atom stereocenters. The van der Waals surface area contributed by atoms with Gasteiger partial charge in [-0.1, -0.05) is 0 Å². The van der Waals surface area contributed by atoms with Gasteiger partial charge in [-0.2, -0.15) is 14.1 Å². The van der Waals surface area contributed by atoms with Crippen molar-refractivity contribution in [3.63, 3.8) is 0 Å². The molecule has 0 bridgehead atoms. The summed E-state index contributed by atoms with van der Waals surface area (Å²) in [6.45, 7) is 0. The Morgan fingerprint density at radius 2 is 1.25 bits per heavy atom. The van der Waals surface area contributed by atoms with Gasteiger partial charge in [0.15, 0.2) is 0 Å². The molecule has 4 heavy (non-hydrogen) atoms. The average molecular weight is 225 g/mol. The van der Waals surface area contributed by atoms with Gasteiger partial charge in [-0.05, 0) is 0 Å². The molecule has 0 amide bonds. The molecule has 0 saturated heterocycles. The van der Waals surface area contributed by atoms with Crippen LogP contribution < -0.4 is 0 Å². The zero-order chi connectivity index (χ0) is 2.71. The molecule has 1 nitrogen and oxygen atoms in total. The van der Waals surface area contributed by atoms with Gasteiger partial charge >= 0.3 is 22.4 Å². The Kier molecular flexibility index (Phi) is 20.6. The first-order valence-corrected chi connectivity index (χ1v) is 0.894. The molecule has 20 valence electrons. The van der Waals surface area contributed by atoms with E-state index in [0.29, 0.717) is 0 Å². The Balaban J connectivity index is 0. The van der Waals surface area contributed by atoms with Crippen molar-refractivity contribution in [1.82, 2.24) is 0 Å². The van der Waals surface area contributed by atoms with Crippen LogP contribution in [0.15, 0.2) is 0 Å². The Morgan fingerprint density at radius 1 is 1.25 bits per heavy atom. The van der Waals surface area contributed by atoms with Crippen LogP contribution in [0.2, 0.25) is 0 Å². The fourth-order valence-corrected chi connectivity index (χ4v) is 0. The van der Waals surface area contributed by atoms with Crippen LogP contribution in [0, 0.1) is 0 Å². The van der Waals surface area contributed by atoms with Gasteiger partial charge in [0.25, 0.3) is 0 Å². The van der Waals surface area contributed by atoms with E-state index in [9.17, 15) is 0 Å². The maximum absolute atomic E-state index is 3.50. The van der Waals surface area contributed by atoms with Crippen molar-refractivity contribution in [3.05, 3.63) is 5.32 Å². The summed E-state index contributed by atoms with van der Waals surface area (Å²) < 4.78 is 0. The summed E-state index contributed by atoms with van der Waals surface area (Å²) in [5.41, 5.74) is 0. The predicted octanol–water partition coefficient (Wildman–Crippen LogP) is 0.617. The van der Waals surface area contributed by atoms with Crippen molar-refractivity contribution >= 4 is 0 Å². The van der Waals surface area contributed by atoms with Crippen LogP contribution in [0.3, 0.4) is 0 Å². The molecular weight excluding hydrogens is 219 g/mol. The molecule has 0 aromatic carbocycles. The van der Waals surface area contributed by atoms with Crippen LogP contribution in [0.1, 0.15) is 0 Å². The number of hydrogen-bond donors (Lipinski definition) is 0. The Hall–Kier alpha value is 0.700. The molecule has 0 fully saturated rings. The predicted molar refractivity (Wildman–Crippen MR) is 15.2 cm³/mol. The molecule has 0 saturated carbocycles. The van der Waals surface area contributed by atoms with Crippen LogP contribution in [0.25, 0.3) is 5.32 Å². The number of hydrogen-bond acceptors (Lipinski definition) is 0. The summed E-state index contributed by atoms with van der Waals surface area (Å²) in [7, 11) is 3.50. The van der Waals surface area contributed by atoms with Gasteiger partial charge in [-0.25, -0.2) is 0 Å². The quantitative estimate of drug-likeness (QED) is 0.573. The molecule has 0 aliphatic rings. The largest absolute Gasteiger partial charge is 5.00 e. The number of nitrogens with zero attached hydrogens (tertiary/aromatic N) is 1. The summed E-state index contributed by atoms with van der Waals surface area (Å²) in [5, 5.41) is 3.50. The van der Waals surface area contributed by atoms with E-state index >= 15 is 0 Å². The molecule has 0 spiro atoms. The molecule has 0 aromatic heterocycles. The van der Waals surface area contributed by atoms with Crippen molar-refractivity contribution in [2.45, 2.75) is 0 Å². The van der Waals surface area contributed by atoms with Crippen molar-refractivity contribution in [2.24, 2.45) is 0 Å². The zero-order valence-corrected chi connectivity index (χ0v) is 6.11. The molecule has 0 heterocycles. The van der Waals surface area contributed by atoms with Crippen molar-refractivity contribution in [2.75, 3.05) is 14.1 Å². The van der Waals surface area contributed by atoms with Crippen LogP contribution in [0.4, 0.5) is 0 Å². The summed E-state index contributed by atoms with van der Waals surface area (Å²) in [5.74, 6) is 0. The third kappa shape index (κ3) is 15.9. The Bertz CT molecular complexity index is 6.00. The molecule has 0 aliphatic carbocycles. The van der Waals surface area contributed by atoms with Gasteiger partial charge in [0.2, 0.25) is 0 Å². The van der Waals surface area contributed by atoms with Crippen LogP contribution in [0.5, 0.6) is 0 Å². The minimum Gasteiger partial charge on any atom is -0.668 e. The number of rotatable bonds is 0. The molecule has 2 heteroatoms. The molecule has 0 radical (unpaired) electrons. The third-order valence-corrected chi connectivity index (χ3v) is 0. The first-order valence-electron chi connectivity index (χ1n) is 0.894. The van der Waals surface area contributed by atoms with Gasteiger partial charge in [0, 0.05) is 0 Å². The summed E-state index contributed by atoms with van der Waals surface area (Å²) >= 11 is 0. The standard InChI is InChI=1S/C2H6N.Ta/c1-3-2;/h1-2H3;/q-1;+5.